The highest BCUT2D eigenvalue weighted by atomic mass is 32.1. The average Bonchev–Trinajstić information content (AvgIpc) is 3.22. The summed E-state index contributed by atoms with van der Waals surface area (Å²) in [6.07, 6.45) is -4.45. The molecule has 0 saturated heterocycles. The molecular weight excluding hydrogens is 389 g/mol. The number of rotatable bonds is 3. The van der Waals surface area contributed by atoms with Gasteiger partial charge in [-0.3, -0.25) is 10.1 Å². The van der Waals surface area contributed by atoms with E-state index in [4.69, 9.17) is 0 Å². The number of fused-ring (bicyclic) bond motifs is 1. The van der Waals surface area contributed by atoms with Gasteiger partial charge in [-0.2, -0.15) is 18.2 Å². The van der Waals surface area contributed by atoms with Gasteiger partial charge in [-0.25, -0.2) is 4.52 Å². The number of nitrogens with zero attached hydrogens (tertiary/aromatic N) is 3. The molecule has 142 valence electrons. The SMILES string of the molecule is Cc1ccc(-c2csc3nc(NC(=O)c4ccc(C(F)(F)F)cc4)nn23)cc1. The van der Waals surface area contributed by atoms with Gasteiger partial charge in [0, 0.05) is 16.5 Å². The minimum atomic E-state index is -4.45. The highest BCUT2D eigenvalue weighted by Gasteiger charge is 2.30. The Kier molecular flexibility index (Phi) is 4.38. The van der Waals surface area contributed by atoms with Crippen molar-refractivity contribution >= 4 is 28.2 Å². The maximum Gasteiger partial charge on any atom is 0.416 e. The van der Waals surface area contributed by atoms with Crippen molar-refractivity contribution in [3.8, 4) is 11.3 Å². The summed E-state index contributed by atoms with van der Waals surface area (Å²) in [6.45, 7) is 2.00. The largest absolute Gasteiger partial charge is 0.416 e. The van der Waals surface area contributed by atoms with Crippen molar-refractivity contribution in [3.05, 3.63) is 70.6 Å². The molecule has 0 aliphatic heterocycles. The summed E-state index contributed by atoms with van der Waals surface area (Å²) in [5.74, 6) is -0.492. The predicted molar refractivity (Wildman–Crippen MR) is 100 cm³/mol. The van der Waals surface area contributed by atoms with Crippen LogP contribution in [0.2, 0.25) is 0 Å². The number of amides is 1. The summed E-state index contributed by atoms with van der Waals surface area (Å²) >= 11 is 1.37. The fourth-order valence-electron chi connectivity index (χ4n) is 2.64. The smallest absolute Gasteiger partial charge is 0.289 e. The Bertz CT molecular complexity index is 1140. The van der Waals surface area contributed by atoms with Gasteiger partial charge in [0.15, 0.2) is 0 Å². The number of hydrogen-bond acceptors (Lipinski definition) is 4. The fraction of sp³-hybridized carbons (Fsp3) is 0.105. The number of alkyl halides is 3. The van der Waals surface area contributed by atoms with Crippen molar-refractivity contribution in [1.82, 2.24) is 14.6 Å². The van der Waals surface area contributed by atoms with Crippen LogP contribution in [0.5, 0.6) is 0 Å². The quantitative estimate of drug-likeness (QED) is 0.522. The van der Waals surface area contributed by atoms with E-state index in [1.165, 1.54) is 11.3 Å². The molecule has 5 nitrogen and oxygen atoms in total. The number of benzene rings is 2. The number of anilines is 1. The van der Waals surface area contributed by atoms with E-state index < -0.39 is 17.6 Å². The molecule has 1 amide bonds. The molecule has 0 bridgehead atoms. The van der Waals surface area contributed by atoms with Gasteiger partial charge in [-0.05, 0) is 31.2 Å². The van der Waals surface area contributed by atoms with E-state index in [2.05, 4.69) is 15.4 Å². The van der Waals surface area contributed by atoms with Crippen LogP contribution in [0.4, 0.5) is 19.1 Å². The van der Waals surface area contributed by atoms with Gasteiger partial charge in [0.05, 0.1) is 11.3 Å². The van der Waals surface area contributed by atoms with Gasteiger partial charge >= 0.3 is 6.18 Å². The monoisotopic (exact) mass is 402 g/mol. The van der Waals surface area contributed by atoms with Crippen molar-refractivity contribution in [2.24, 2.45) is 0 Å². The van der Waals surface area contributed by atoms with Gasteiger partial charge < -0.3 is 0 Å². The molecule has 0 atom stereocenters. The lowest BCUT2D eigenvalue weighted by Crippen LogP contribution is -2.14. The van der Waals surface area contributed by atoms with Gasteiger partial charge in [0.2, 0.25) is 4.96 Å². The summed E-state index contributed by atoms with van der Waals surface area (Å²) < 4.78 is 39.5. The summed E-state index contributed by atoms with van der Waals surface area (Å²) in [4.78, 5) is 17.1. The lowest BCUT2D eigenvalue weighted by atomic mass is 10.1. The number of aryl methyl sites for hydroxylation is 1. The van der Waals surface area contributed by atoms with Crippen LogP contribution < -0.4 is 5.32 Å². The number of halogens is 3. The molecule has 2 heterocycles. The zero-order valence-electron chi connectivity index (χ0n) is 14.5. The Morgan fingerprint density at radius 2 is 1.75 bits per heavy atom. The average molecular weight is 402 g/mol. The minimum Gasteiger partial charge on any atom is -0.289 e. The molecule has 0 unspecified atom stereocenters. The number of nitrogens with one attached hydrogen (secondary N) is 1. The predicted octanol–water partition coefficient (Wildman–Crippen LogP) is 5.04. The minimum absolute atomic E-state index is 0.0879. The normalized spacial score (nSPS) is 11.7. The van der Waals surface area contributed by atoms with Crippen molar-refractivity contribution < 1.29 is 18.0 Å². The second-order valence-electron chi connectivity index (χ2n) is 6.15. The van der Waals surface area contributed by atoms with Crippen LogP contribution in [0, 0.1) is 6.92 Å². The number of carbonyl (C=O) groups excluding carboxylic acids is 1. The first-order valence-corrected chi connectivity index (χ1v) is 9.09. The highest BCUT2D eigenvalue weighted by Crippen LogP contribution is 2.29. The van der Waals surface area contributed by atoms with Crippen LogP contribution in [0.3, 0.4) is 0 Å². The van der Waals surface area contributed by atoms with Crippen molar-refractivity contribution in [2.45, 2.75) is 13.1 Å². The van der Waals surface area contributed by atoms with E-state index in [1.807, 2.05) is 36.6 Å². The number of aromatic nitrogens is 3. The Balaban J connectivity index is 1.57. The summed E-state index contributed by atoms with van der Waals surface area (Å²) in [5.41, 5.74) is 2.21. The number of thiazole rings is 1. The summed E-state index contributed by atoms with van der Waals surface area (Å²) in [5, 5.41) is 8.74. The third kappa shape index (κ3) is 3.48. The van der Waals surface area contributed by atoms with Crippen LogP contribution in [0.1, 0.15) is 21.5 Å². The maximum atomic E-state index is 12.6. The van der Waals surface area contributed by atoms with Gasteiger partial charge in [0.1, 0.15) is 0 Å². The van der Waals surface area contributed by atoms with Crippen molar-refractivity contribution in [1.29, 1.82) is 0 Å². The molecular formula is C19H13F3N4OS. The van der Waals surface area contributed by atoms with Crippen LogP contribution in [-0.4, -0.2) is 20.5 Å². The Hall–Kier alpha value is -3.20. The second kappa shape index (κ2) is 6.75. The first-order chi connectivity index (χ1) is 13.3. The van der Waals surface area contributed by atoms with E-state index in [-0.39, 0.29) is 11.5 Å². The Morgan fingerprint density at radius 1 is 1.07 bits per heavy atom. The summed E-state index contributed by atoms with van der Waals surface area (Å²) in [7, 11) is 0. The van der Waals surface area contributed by atoms with Crippen LogP contribution >= 0.6 is 11.3 Å². The fourth-order valence-corrected chi connectivity index (χ4v) is 3.47. The zero-order chi connectivity index (χ0) is 19.9. The molecule has 0 spiro atoms. The molecule has 2 aromatic heterocycles. The van der Waals surface area contributed by atoms with E-state index in [1.54, 1.807) is 4.52 Å². The number of carbonyl (C=O) groups is 1. The topological polar surface area (TPSA) is 59.3 Å². The van der Waals surface area contributed by atoms with E-state index in [0.717, 1.165) is 41.1 Å². The first-order valence-electron chi connectivity index (χ1n) is 8.21. The van der Waals surface area contributed by atoms with E-state index >= 15 is 0 Å². The first kappa shape index (κ1) is 18.2. The molecule has 0 aliphatic carbocycles. The third-order valence-corrected chi connectivity index (χ3v) is 4.94. The van der Waals surface area contributed by atoms with Crippen molar-refractivity contribution in [2.75, 3.05) is 5.32 Å². The van der Waals surface area contributed by atoms with Gasteiger partial charge in [-0.15, -0.1) is 16.4 Å². The Labute approximate surface area is 161 Å². The van der Waals surface area contributed by atoms with E-state index in [9.17, 15) is 18.0 Å². The molecule has 1 N–H and O–H groups in total. The standard InChI is InChI=1S/C19H13F3N4OS/c1-11-2-4-12(5-3-11)15-10-28-18-24-17(25-26(15)18)23-16(27)13-6-8-14(9-7-13)19(20,21)22/h2-10H,1H3,(H,23,25,27). The molecule has 9 heteroatoms. The van der Waals surface area contributed by atoms with Crippen molar-refractivity contribution in [3.63, 3.8) is 0 Å². The Morgan fingerprint density at radius 3 is 2.39 bits per heavy atom. The molecule has 0 saturated carbocycles. The lowest BCUT2D eigenvalue weighted by molar-refractivity contribution is -0.137. The van der Waals surface area contributed by atoms with E-state index in [0.29, 0.717) is 4.96 Å². The molecule has 28 heavy (non-hydrogen) atoms. The van der Waals surface area contributed by atoms with Gasteiger partial charge in [0.25, 0.3) is 11.9 Å². The number of hydrogen-bond donors (Lipinski definition) is 1. The second-order valence-corrected chi connectivity index (χ2v) is 6.98. The molecule has 2 aromatic carbocycles. The third-order valence-electron chi connectivity index (χ3n) is 4.13. The molecule has 4 aromatic rings. The highest BCUT2D eigenvalue weighted by molar-refractivity contribution is 7.15. The molecule has 4 rings (SSSR count). The van der Waals surface area contributed by atoms with Crippen LogP contribution in [-0.2, 0) is 6.18 Å². The summed E-state index contributed by atoms with van der Waals surface area (Å²) in [6, 6.07) is 11.9. The maximum absolute atomic E-state index is 12.6. The molecule has 0 aliphatic rings. The molecule has 0 radical (unpaired) electrons. The molecule has 0 fully saturated rings. The van der Waals surface area contributed by atoms with Gasteiger partial charge in [-0.1, -0.05) is 29.8 Å². The lowest BCUT2D eigenvalue weighted by Gasteiger charge is -2.07. The van der Waals surface area contributed by atoms with Crippen LogP contribution in [0.25, 0.3) is 16.2 Å². The van der Waals surface area contributed by atoms with Crippen LogP contribution in [0.15, 0.2) is 53.9 Å². The zero-order valence-corrected chi connectivity index (χ0v) is 15.3.